The summed E-state index contributed by atoms with van der Waals surface area (Å²) in [6, 6.07) is 5.59. The largest absolute Gasteiger partial charge is 0.378 e. The molecule has 1 aliphatic rings. The molecule has 1 heterocycles. The van der Waals surface area contributed by atoms with Gasteiger partial charge < -0.3 is 20.3 Å². The number of carbonyl (C=O) groups is 1. The van der Waals surface area contributed by atoms with E-state index >= 15 is 0 Å². The van der Waals surface area contributed by atoms with Crippen molar-refractivity contribution in [1.82, 2.24) is 5.32 Å². The van der Waals surface area contributed by atoms with Gasteiger partial charge in [0.25, 0.3) is 0 Å². The van der Waals surface area contributed by atoms with Gasteiger partial charge in [0.15, 0.2) is 5.11 Å². The first kappa shape index (κ1) is 17.0. The molecule has 1 aromatic rings. The van der Waals surface area contributed by atoms with Gasteiger partial charge in [-0.1, -0.05) is 24.6 Å². The fraction of sp³-hybridized carbons (Fsp3) is 0.467. The monoisotopic (exact) mass is 341 g/mol. The van der Waals surface area contributed by atoms with E-state index in [2.05, 4.69) is 15.5 Å². The Labute approximate surface area is 141 Å². The number of morpholine rings is 1. The Morgan fingerprint density at radius 3 is 2.82 bits per heavy atom. The first-order chi connectivity index (χ1) is 10.6. The van der Waals surface area contributed by atoms with Crippen LogP contribution in [0.2, 0.25) is 5.02 Å². The summed E-state index contributed by atoms with van der Waals surface area (Å²) in [5.41, 5.74) is 1.68. The van der Waals surface area contributed by atoms with Crippen molar-refractivity contribution in [2.24, 2.45) is 0 Å². The highest BCUT2D eigenvalue weighted by atomic mass is 35.5. The number of anilines is 2. The highest BCUT2D eigenvalue weighted by molar-refractivity contribution is 7.80. The van der Waals surface area contributed by atoms with Gasteiger partial charge in [-0.2, -0.15) is 0 Å². The van der Waals surface area contributed by atoms with Gasteiger partial charge in [0.05, 0.1) is 29.6 Å². The Hall–Kier alpha value is -1.37. The Morgan fingerprint density at radius 1 is 1.41 bits per heavy atom. The van der Waals surface area contributed by atoms with Crippen LogP contribution in [0.15, 0.2) is 18.2 Å². The highest BCUT2D eigenvalue weighted by Gasteiger charge is 2.18. The van der Waals surface area contributed by atoms with Gasteiger partial charge in [-0.15, -0.1) is 0 Å². The van der Waals surface area contributed by atoms with E-state index in [4.69, 9.17) is 28.6 Å². The predicted molar refractivity (Wildman–Crippen MR) is 93.8 cm³/mol. The molecule has 1 saturated heterocycles. The van der Waals surface area contributed by atoms with E-state index in [1.807, 2.05) is 25.1 Å². The molecule has 0 saturated carbocycles. The molecule has 5 nitrogen and oxygen atoms in total. The van der Waals surface area contributed by atoms with E-state index in [0.717, 1.165) is 30.9 Å². The third kappa shape index (κ3) is 4.56. The zero-order valence-electron chi connectivity index (χ0n) is 12.5. The number of amides is 1. The van der Waals surface area contributed by atoms with E-state index < -0.39 is 0 Å². The predicted octanol–water partition coefficient (Wildman–Crippen LogP) is 2.79. The zero-order chi connectivity index (χ0) is 15.9. The van der Waals surface area contributed by atoms with Crippen LogP contribution in [0.5, 0.6) is 0 Å². The molecule has 0 spiro atoms. The van der Waals surface area contributed by atoms with Crippen LogP contribution in [-0.4, -0.2) is 37.3 Å². The molecule has 0 bridgehead atoms. The van der Waals surface area contributed by atoms with Crippen molar-refractivity contribution in [1.29, 1.82) is 0 Å². The molecule has 7 heteroatoms. The van der Waals surface area contributed by atoms with Crippen LogP contribution in [0, 0.1) is 0 Å². The van der Waals surface area contributed by atoms with Crippen LogP contribution in [0.4, 0.5) is 11.4 Å². The van der Waals surface area contributed by atoms with E-state index in [-0.39, 0.29) is 11.0 Å². The van der Waals surface area contributed by atoms with Gasteiger partial charge in [0.1, 0.15) is 0 Å². The average molecular weight is 342 g/mol. The second-order valence-corrected chi connectivity index (χ2v) is 5.80. The fourth-order valence-corrected chi connectivity index (χ4v) is 2.81. The molecule has 0 atom stereocenters. The zero-order valence-corrected chi connectivity index (χ0v) is 14.1. The molecule has 1 aromatic carbocycles. The number of ether oxygens (including phenoxy) is 1. The van der Waals surface area contributed by atoms with Crippen LogP contribution < -0.4 is 15.5 Å². The third-order valence-electron chi connectivity index (χ3n) is 3.29. The van der Waals surface area contributed by atoms with Crippen LogP contribution >= 0.6 is 23.8 Å². The maximum atomic E-state index is 11.6. The summed E-state index contributed by atoms with van der Waals surface area (Å²) in [4.78, 5) is 13.8. The van der Waals surface area contributed by atoms with E-state index in [1.54, 1.807) is 0 Å². The molecule has 2 N–H and O–H groups in total. The van der Waals surface area contributed by atoms with Gasteiger partial charge in [-0.05, 0) is 30.8 Å². The number of hydrogen-bond donors (Lipinski definition) is 2. The standard InChI is InChI=1S/C15H20ClN3O2S/c1-2-4-13(20)18-15(22)17-12-6-3-5-11(16)14(12)19-7-9-21-10-8-19/h3,5-6H,2,4,7-10H2,1H3,(H2,17,18,20,22). The first-order valence-corrected chi connectivity index (χ1v) is 8.12. The number of hydrogen-bond acceptors (Lipinski definition) is 4. The number of rotatable bonds is 4. The number of carbonyl (C=O) groups excluding carboxylic acids is 1. The van der Waals surface area contributed by atoms with Gasteiger partial charge in [-0.3, -0.25) is 4.79 Å². The average Bonchev–Trinajstić information content (AvgIpc) is 2.48. The molecule has 1 fully saturated rings. The molecule has 0 aromatic heterocycles. The highest BCUT2D eigenvalue weighted by Crippen LogP contribution is 2.34. The second-order valence-electron chi connectivity index (χ2n) is 4.99. The van der Waals surface area contributed by atoms with Gasteiger partial charge >= 0.3 is 0 Å². The molecular formula is C15H20ClN3O2S. The van der Waals surface area contributed by atoms with Crippen molar-refractivity contribution in [3.05, 3.63) is 23.2 Å². The van der Waals surface area contributed by atoms with Crippen LogP contribution in [-0.2, 0) is 9.53 Å². The Bertz CT molecular complexity index is 548. The second kappa shape index (κ2) is 8.31. The lowest BCUT2D eigenvalue weighted by Gasteiger charge is -2.31. The molecular weight excluding hydrogens is 322 g/mol. The van der Waals surface area contributed by atoms with Gasteiger partial charge in [-0.25, -0.2) is 0 Å². The molecule has 0 radical (unpaired) electrons. The number of nitrogens with zero attached hydrogens (tertiary/aromatic N) is 1. The fourth-order valence-electron chi connectivity index (χ4n) is 2.29. The minimum atomic E-state index is -0.0880. The number of para-hydroxylation sites is 1. The quantitative estimate of drug-likeness (QED) is 0.825. The summed E-state index contributed by atoms with van der Waals surface area (Å²) in [7, 11) is 0. The topological polar surface area (TPSA) is 53.6 Å². The number of nitrogens with one attached hydrogen (secondary N) is 2. The molecule has 120 valence electrons. The normalized spacial score (nSPS) is 14.5. The number of benzene rings is 1. The first-order valence-electron chi connectivity index (χ1n) is 7.34. The summed E-state index contributed by atoms with van der Waals surface area (Å²) in [5.74, 6) is -0.0880. The van der Waals surface area contributed by atoms with Crippen LogP contribution in [0.25, 0.3) is 0 Å². The summed E-state index contributed by atoms with van der Waals surface area (Å²) in [6.07, 6.45) is 1.23. The molecule has 1 aliphatic heterocycles. The summed E-state index contributed by atoms with van der Waals surface area (Å²) < 4.78 is 5.37. The smallest absolute Gasteiger partial charge is 0.226 e. The maximum Gasteiger partial charge on any atom is 0.226 e. The van der Waals surface area contributed by atoms with Crippen molar-refractivity contribution >= 4 is 46.2 Å². The molecule has 1 amide bonds. The van der Waals surface area contributed by atoms with Crippen molar-refractivity contribution in [3.8, 4) is 0 Å². The lowest BCUT2D eigenvalue weighted by molar-refractivity contribution is -0.119. The van der Waals surface area contributed by atoms with E-state index in [9.17, 15) is 4.79 Å². The van der Waals surface area contributed by atoms with E-state index in [1.165, 1.54) is 0 Å². The van der Waals surface area contributed by atoms with Crippen LogP contribution in [0.1, 0.15) is 19.8 Å². The minimum absolute atomic E-state index is 0.0880. The van der Waals surface area contributed by atoms with Crippen LogP contribution in [0.3, 0.4) is 0 Å². The Balaban J connectivity index is 2.11. The van der Waals surface area contributed by atoms with Gasteiger partial charge in [0, 0.05) is 19.5 Å². The summed E-state index contributed by atoms with van der Waals surface area (Å²) in [5, 5.41) is 6.68. The maximum absolute atomic E-state index is 11.6. The molecule has 0 aliphatic carbocycles. The lowest BCUT2D eigenvalue weighted by atomic mass is 10.2. The number of halogens is 1. The van der Waals surface area contributed by atoms with Gasteiger partial charge in [0.2, 0.25) is 5.91 Å². The summed E-state index contributed by atoms with van der Waals surface area (Å²) >= 11 is 11.5. The molecule has 2 rings (SSSR count). The number of thiocarbonyl (C=S) groups is 1. The summed E-state index contributed by atoms with van der Waals surface area (Å²) in [6.45, 7) is 4.83. The molecule has 0 unspecified atom stereocenters. The SMILES string of the molecule is CCCC(=O)NC(=S)Nc1cccc(Cl)c1N1CCOCC1. The minimum Gasteiger partial charge on any atom is -0.378 e. The molecule has 22 heavy (non-hydrogen) atoms. The van der Waals surface area contributed by atoms with E-state index in [0.29, 0.717) is 24.7 Å². The lowest BCUT2D eigenvalue weighted by Crippen LogP contribution is -2.38. The van der Waals surface area contributed by atoms with Crippen molar-refractivity contribution in [2.45, 2.75) is 19.8 Å². The van der Waals surface area contributed by atoms with Crippen molar-refractivity contribution < 1.29 is 9.53 Å². The van der Waals surface area contributed by atoms with Crippen molar-refractivity contribution in [2.75, 3.05) is 36.5 Å². The van der Waals surface area contributed by atoms with Crippen molar-refractivity contribution in [3.63, 3.8) is 0 Å². The third-order valence-corrected chi connectivity index (χ3v) is 3.80. The Kier molecular flexibility index (Phi) is 6.42. The Morgan fingerprint density at radius 2 is 2.14 bits per heavy atom.